The fraction of sp³-hybridized carbons (Fsp3) is 1.00. The molecule has 0 bridgehead atoms. The van der Waals surface area contributed by atoms with E-state index in [2.05, 4.69) is 51.8 Å². The van der Waals surface area contributed by atoms with Crippen molar-refractivity contribution in [3.8, 4) is 0 Å². The maximum absolute atomic E-state index is 3.79. The summed E-state index contributed by atoms with van der Waals surface area (Å²) in [5.41, 5.74) is 0. The van der Waals surface area contributed by atoms with Crippen LogP contribution in [-0.4, -0.2) is 36.1 Å². The highest BCUT2D eigenvalue weighted by Crippen LogP contribution is 2.37. The highest BCUT2D eigenvalue weighted by atomic mass is 15.3. The molecule has 1 saturated carbocycles. The Morgan fingerprint density at radius 3 is 2.16 bits per heavy atom. The lowest BCUT2D eigenvalue weighted by Gasteiger charge is -2.48. The fourth-order valence-electron chi connectivity index (χ4n) is 4.07. The van der Waals surface area contributed by atoms with Crippen molar-refractivity contribution in [2.24, 2.45) is 23.7 Å². The maximum atomic E-state index is 3.79. The Bertz CT molecular complexity index is 287. The van der Waals surface area contributed by atoms with Crippen molar-refractivity contribution in [3.63, 3.8) is 0 Å². The van der Waals surface area contributed by atoms with Gasteiger partial charge in [0.2, 0.25) is 0 Å². The summed E-state index contributed by atoms with van der Waals surface area (Å²) in [5, 5.41) is 3.79. The van der Waals surface area contributed by atoms with Crippen LogP contribution >= 0.6 is 0 Å². The van der Waals surface area contributed by atoms with E-state index in [1.54, 1.807) is 0 Å². The van der Waals surface area contributed by atoms with Crippen LogP contribution in [0.1, 0.15) is 54.4 Å². The van der Waals surface area contributed by atoms with Crippen LogP contribution in [0.2, 0.25) is 0 Å². The molecule has 0 radical (unpaired) electrons. The third-order valence-electron chi connectivity index (χ3n) is 5.85. The standard InChI is InChI=1S/C17H34N2/c1-11(2)15-10-19(17(9-18-15)12(3)4)16-8-7-13(5)14(16)6/h11-18H,7-10H2,1-6H3. The smallest absolute Gasteiger partial charge is 0.0247 e. The topological polar surface area (TPSA) is 15.3 Å². The van der Waals surface area contributed by atoms with Crippen molar-refractivity contribution in [1.29, 1.82) is 0 Å². The number of nitrogens with zero attached hydrogens (tertiary/aromatic N) is 1. The Kier molecular flexibility index (Phi) is 4.94. The lowest BCUT2D eigenvalue weighted by molar-refractivity contribution is 0.0297. The molecular formula is C17H34N2. The molecular weight excluding hydrogens is 232 g/mol. The Balaban J connectivity index is 2.11. The van der Waals surface area contributed by atoms with E-state index in [9.17, 15) is 0 Å². The molecule has 2 heteroatoms. The van der Waals surface area contributed by atoms with Crippen molar-refractivity contribution in [3.05, 3.63) is 0 Å². The highest BCUT2D eigenvalue weighted by molar-refractivity contribution is 4.96. The summed E-state index contributed by atoms with van der Waals surface area (Å²) >= 11 is 0. The molecule has 19 heavy (non-hydrogen) atoms. The quantitative estimate of drug-likeness (QED) is 0.842. The normalized spacial score (nSPS) is 41.4. The minimum Gasteiger partial charge on any atom is -0.311 e. The van der Waals surface area contributed by atoms with E-state index in [0.717, 1.165) is 35.8 Å². The average Bonchev–Trinajstić information content (AvgIpc) is 2.69. The molecule has 0 aromatic heterocycles. The molecule has 112 valence electrons. The lowest BCUT2D eigenvalue weighted by atomic mass is 9.89. The molecule has 0 aromatic carbocycles. The molecule has 2 nitrogen and oxygen atoms in total. The number of piperazine rings is 1. The number of hydrogen-bond acceptors (Lipinski definition) is 2. The zero-order chi connectivity index (χ0) is 14.2. The highest BCUT2D eigenvalue weighted by Gasteiger charge is 2.40. The van der Waals surface area contributed by atoms with Gasteiger partial charge in [-0.05, 0) is 36.5 Å². The number of nitrogens with one attached hydrogen (secondary N) is 1. The second-order valence-corrected chi connectivity index (χ2v) is 7.75. The van der Waals surface area contributed by atoms with Crippen molar-refractivity contribution in [2.45, 2.75) is 72.5 Å². The average molecular weight is 266 g/mol. The summed E-state index contributed by atoms with van der Waals surface area (Å²) in [6.45, 7) is 16.8. The van der Waals surface area contributed by atoms with E-state index in [4.69, 9.17) is 0 Å². The van der Waals surface area contributed by atoms with Crippen molar-refractivity contribution < 1.29 is 0 Å². The van der Waals surface area contributed by atoms with E-state index in [-0.39, 0.29) is 0 Å². The van der Waals surface area contributed by atoms with Gasteiger partial charge in [-0.1, -0.05) is 41.5 Å². The van der Waals surface area contributed by atoms with Gasteiger partial charge < -0.3 is 5.32 Å². The molecule has 2 rings (SSSR count). The minimum atomic E-state index is 0.679. The summed E-state index contributed by atoms with van der Waals surface area (Å²) in [6.07, 6.45) is 2.84. The Morgan fingerprint density at radius 2 is 1.68 bits per heavy atom. The first-order chi connectivity index (χ1) is 8.91. The van der Waals surface area contributed by atoms with Crippen LogP contribution in [0.3, 0.4) is 0 Å². The van der Waals surface area contributed by atoms with Crippen LogP contribution in [0.25, 0.3) is 0 Å². The molecule has 5 unspecified atom stereocenters. The predicted molar refractivity (Wildman–Crippen MR) is 83.3 cm³/mol. The first kappa shape index (κ1) is 15.3. The van der Waals surface area contributed by atoms with Crippen LogP contribution in [0, 0.1) is 23.7 Å². The van der Waals surface area contributed by atoms with E-state index < -0.39 is 0 Å². The zero-order valence-electron chi connectivity index (χ0n) is 13.8. The molecule has 2 fully saturated rings. The Hall–Kier alpha value is -0.0800. The molecule has 5 atom stereocenters. The van der Waals surface area contributed by atoms with E-state index in [1.165, 1.54) is 25.9 Å². The largest absolute Gasteiger partial charge is 0.311 e. The van der Waals surface area contributed by atoms with Gasteiger partial charge in [0.15, 0.2) is 0 Å². The van der Waals surface area contributed by atoms with Crippen LogP contribution in [0.4, 0.5) is 0 Å². The molecule has 1 heterocycles. The number of rotatable bonds is 3. The van der Waals surface area contributed by atoms with Crippen molar-refractivity contribution >= 4 is 0 Å². The van der Waals surface area contributed by atoms with Gasteiger partial charge in [-0.2, -0.15) is 0 Å². The van der Waals surface area contributed by atoms with E-state index in [1.807, 2.05) is 0 Å². The van der Waals surface area contributed by atoms with Gasteiger partial charge in [-0.3, -0.25) is 4.90 Å². The fourth-order valence-corrected chi connectivity index (χ4v) is 4.07. The predicted octanol–water partition coefficient (Wildman–Crippen LogP) is 3.38. The lowest BCUT2D eigenvalue weighted by Crippen LogP contribution is -2.62. The second-order valence-electron chi connectivity index (χ2n) is 7.75. The van der Waals surface area contributed by atoms with E-state index in [0.29, 0.717) is 6.04 Å². The summed E-state index contributed by atoms with van der Waals surface area (Å²) in [5.74, 6) is 3.27. The van der Waals surface area contributed by atoms with Crippen LogP contribution in [0.15, 0.2) is 0 Å². The van der Waals surface area contributed by atoms with E-state index >= 15 is 0 Å². The van der Waals surface area contributed by atoms with Crippen molar-refractivity contribution in [1.82, 2.24) is 10.2 Å². The van der Waals surface area contributed by atoms with Gasteiger partial charge in [-0.25, -0.2) is 0 Å². The molecule has 0 amide bonds. The maximum Gasteiger partial charge on any atom is 0.0247 e. The molecule has 1 aliphatic heterocycles. The summed E-state index contributed by atoms with van der Waals surface area (Å²) in [7, 11) is 0. The van der Waals surface area contributed by atoms with Gasteiger partial charge in [0.25, 0.3) is 0 Å². The Morgan fingerprint density at radius 1 is 1.00 bits per heavy atom. The third kappa shape index (κ3) is 3.16. The molecule has 0 spiro atoms. The zero-order valence-corrected chi connectivity index (χ0v) is 13.8. The third-order valence-corrected chi connectivity index (χ3v) is 5.85. The van der Waals surface area contributed by atoms with Gasteiger partial charge >= 0.3 is 0 Å². The van der Waals surface area contributed by atoms with Crippen LogP contribution < -0.4 is 5.32 Å². The van der Waals surface area contributed by atoms with Crippen LogP contribution in [0.5, 0.6) is 0 Å². The molecule has 1 N–H and O–H groups in total. The first-order valence-electron chi connectivity index (χ1n) is 8.41. The SMILES string of the molecule is CC(C)C1CN(C2CCC(C)C2C)C(C(C)C)CN1. The van der Waals surface area contributed by atoms with Crippen molar-refractivity contribution in [2.75, 3.05) is 13.1 Å². The number of hydrogen-bond donors (Lipinski definition) is 1. The summed E-state index contributed by atoms with van der Waals surface area (Å²) in [4.78, 5) is 2.88. The van der Waals surface area contributed by atoms with Crippen LogP contribution in [-0.2, 0) is 0 Å². The Labute approximate surface area is 120 Å². The second kappa shape index (κ2) is 6.13. The molecule has 2 aliphatic rings. The summed E-state index contributed by atoms with van der Waals surface area (Å²) in [6, 6.07) is 2.23. The summed E-state index contributed by atoms with van der Waals surface area (Å²) < 4.78 is 0. The first-order valence-corrected chi connectivity index (χ1v) is 8.41. The minimum absolute atomic E-state index is 0.679. The molecule has 1 saturated heterocycles. The van der Waals surface area contributed by atoms with Gasteiger partial charge in [-0.15, -0.1) is 0 Å². The van der Waals surface area contributed by atoms with Gasteiger partial charge in [0.05, 0.1) is 0 Å². The molecule has 0 aromatic rings. The van der Waals surface area contributed by atoms with Gasteiger partial charge in [0, 0.05) is 31.2 Å². The monoisotopic (exact) mass is 266 g/mol. The van der Waals surface area contributed by atoms with Gasteiger partial charge in [0.1, 0.15) is 0 Å². The molecule has 1 aliphatic carbocycles.